The van der Waals surface area contributed by atoms with Gasteiger partial charge in [-0.3, -0.25) is 4.90 Å². The molecule has 0 bridgehead atoms. The Morgan fingerprint density at radius 1 is 1.18 bits per heavy atom. The maximum Gasteiger partial charge on any atom is 0.151 e. The normalized spacial score (nSPS) is 24.5. The molecule has 2 aliphatic heterocycles. The number of rotatable bonds is 4. The first-order chi connectivity index (χ1) is 13.6. The molecule has 28 heavy (non-hydrogen) atoms. The van der Waals surface area contributed by atoms with Crippen LogP contribution in [0.5, 0.6) is 0 Å². The highest BCUT2D eigenvalue weighted by atomic mass is 35.5. The molecule has 0 radical (unpaired) electrons. The van der Waals surface area contributed by atoms with Crippen LogP contribution < -0.4 is 4.90 Å². The SMILES string of the molecule is Cc1cnnc(N2CCC(N3C[C@H](C)OC[C@@H]3Cc3ccc(Cl)cc3)CC2)c1. The molecule has 6 heteroatoms. The first-order valence-corrected chi connectivity index (χ1v) is 10.6. The van der Waals surface area contributed by atoms with E-state index >= 15 is 0 Å². The van der Waals surface area contributed by atoms with E-state index in [0.29, 0.717) is 18.2 Å². The number of hydrogen-bond donors (Lipinski definition) is 0. The van der Waals surface area contributed by atoms with Gasteiger partial charge in [-0.2, -0.15) is 5.10 Å². The molecule has 2 saturated heterocycles. The van der Waals surface area contributed by atoms with Gasteiger partial charge in [0, 0.05) is 36.7 Å². The number of hydrogen-bond acceptors (Lipinski definition) is 5. The highest BCUT2D eigenvalue weighted by Gasteiger charge is 2.34. The van der Waals surface area contributed by atoms with Crippen LogP contribution in [0, 0.1) is 6.92 Å². The van der Waals surface area contributed by atoms with E-state index in [2.05, 4.69) is 52.0 Å². The van der Waals surface area contributed by atoms with Crippen molar-refractivity contribution in [2.24, 2.45) is 0 Å². The van der Waals surface area contributed by atoms with Crippen LogP contribution in [-0.2, 0) is 11.2 Å². The second kappa shape index (κ2) is 8.76. The number of anilines is 1. The lowest BCUT2D eigenvalue weighted by Crippen LogP contribution is -2.56. The number of halogens is 1. The van der Waals surface area contributed by atoms with Gasteiger partial charge < -0.3 is 9.64 Å². The zero-order valence-electron chi connectivity index (χ0n) is 16.7. The van der Waals surface area contributed by atoms with Gasteiger partial charge in [-0.05, 0) is 62.4 Å². The Morgan fingerprint density at radius 3 is 2.64 bits per heavy atom. The molecule has 3 heterocycles. The van der Waals surface area contributed by atoms with Crippen molar-refractivity contribution in [2.45, 2.75) is 51.3 Å². The van der Waals surface area contributed by atoms with Gasteiger partial charge in [0.25, 0.3) is 0 Å². The predicted octanol–water partition coefficient (Wildman–Crippen LogP) is 3.74. The molecular weight excluding hydrogens is 372 g/mol. The molecule has 0 spiro atoms. The number of ether oxygens (including phenoxy) is 1. The molecule has 2 atom stereocenters. The molecule has 4 rings (SSSR count). The van der Waals surface area contributed by atoms with Crippen LogP contribution in [0.15, 0.2) is 36.5 Å². The van der Waals surface area contributed by atoms with E-state index in [0.717, 1.165) is 61.9 Å². The number of morpholine rings is 1. The summed E-state index contributed by atoms with van der Waals surface area (Å²) in [5, 5.41) is 9.23. The maximum atomic E-state index is 6.05. The second-order valence-electron chi connectivity index (χ2n) is 8.13. The van der Waals surface area contributed by atoms with Crippen LogP contribution in [0.25, 0.3) is 0 Å². The Bertz CT molecular complexity index is 776. The van der Waals surface area contributed by atoms with Gasteiger partial charge in [-0.15, -0.1) is 5.10 Å². The third kappa shape index (κ3) is 4.65. The predicted molar refractivity (Wildman–Crippen MR) is 113 cm³/mol. The van der Waals surface area contributed by atoms with Crippen molar-refractivity contribution >= 4 is 17.4 Å². The van der Waals surface area contributed by atoms with Crippen LogP contribution in [-0.4, -0.2) is 59.5 Å². The zero-order valence-corrected chi connectivity index (χ0v) is 17.5. The standard InChI is InChI=1S/C22H29ClN4O/c1-16-11-22(25-24-13-16)26-9-7-20(8-10-26)27-14-17(2)28-15-21(27)12-18-3-5-19(23)6-4-18/h3-6,11,13,17,20-21H,7-10,12,14-15H2,1-2H3/t17-,21-/m0/s1. The summed E-state index contributed by atoms with van der Waals surface area (Å²) in [6, 6.07) is 11.4. The summed E-state index contributed by atoms with van der Waals surface area (Å²) >= 11 is 6.05. The molecule has 2 fully saturated rings. The molecule has 0 amide bonds. The Hall–Kier alpha value is -1.69. The van der Waals surface area contributed by atoms with Crippen molar-refractivity contribution in [3.63, 3.8) is 0 Å². The number of piperidine rings is 1. The number of aromatic nitrogens is 2. The topological polar surface area (TPSA) is 41.5 Å². The molecule has 0 N–H and O–H groups in total. The van der Waals surface area contributed by atoms with Crippen molar-refractivity contribution < 1.29 is 4.74 Å². The second-order valence-corrected chi connectivity index (χ2v) is 8.57. The Labute approximate surface area is 172 Å². The van der Waals surface area contributed by atoms with Crippen molar-refractivity contribution in [3.05, 3.63) is 52.7 Å². The highest BCUT2D eigenvalue weighted by molar-refractivity contribution is 6.30. The number of nitrogens with zero attached hydrogens (tertiary/aromatic N) is 4. The lowest BCUT2D eigenvalue weighted by Gasteiger charge is -2.46. The van der Waals surface area contributed by atoms with Gasteiger partial charge in [-0.25, -0.2) is 0 Å². The molecule has 5 nitrogen and oxygen atoms in total. The smallest absolute Gasteiger partial charge is 0.151 e. The minimum atomic E-state index is 0.294. The fraction of sp³-hybridized carbons (Fsp3) is 0.545. The van der Waals surface area contributed by atoms with E-state index in [1.165, 1.54) is 5.56 Å². The largest absolute Gasteiger partial charge is 0.376 e. The van der Waals surface area contributed by atoms with E-state index < -0.39 is 0 Å². The lowest BCUT2D eigenvalue weighted by molar-refractivity contribution is -0.0745. The minimum Gasteiger partial charge on any atom is -0.376 e. The summed E-state index contributed by atoms with van der Waals surface area (Å²) in [5.74, 6) is 1.01. The van der Waals surface area contributed by atoms with E-state index in [1.54, 1.807) is 0 Å². The fourth-order valence-corrected chi connectivity index (χ4v) is 4.54. The quantitative estimate of drug-likeness (QED) is 0.782. The molecule has 2 aromatic rings. The van der Waals surface area contributed by atoms with Crippen molar-refractivity contribution in [1.82, 2.24) is 15.1 Å². The molecule has 0 unspecified atom stereocenters. The summed E-state index contributed by atoms with van der Waals surface area (Å²) in [6.07, 6.45) is 5.42. The van der Waals surface area contributed by atoms with Gasteiger partial charge in [0.1, 0.15) is 0 Å². The van der Waals surface area contributed by atoms with Crippen LogP contribution in [0.4, 0.5) is 5.82 Å². The Morgan fingerprint density at radius 2 is 1.93 bits per heavy atom. The Balaban J connectivity index is 1.41. The van der Waals surface area contributed by atoms with E-state index in [1.807, 2.05) is 18.3 Å². The number of aryl methyl sites for hydroxylation is 1. The Kier molecular flexibility index (Phi) is 6.14. The zero-order chi connectivity index (χ0) is 19.5. The molecule has 1 aromatic heterocycles. The maximum absolute atomic E-state index is 6.05. The monoisotopic (exact) mass is 400 g/mol. The van der Waals surface area contributed by atoms with E-state index in [9.17, 15) is 0 Å². The van der Waals surface area contributed by atoms with Crippen LogP contribution >= 0.6 is 11.6 Å². The average molecular weight is 401 g/mol. The van der Waals surface area contributed by atoms with Crippen LogP contribution in [0.1, 0.15) is 30.9 Å². The van der Waals surface area contributed by atoms with Gasteiger partial charge >= 0.3 is 0 Å². The summed E-state index contributed by atoms with van der Waals surface area (Å²) in [6.45, 7) is 8.12. The van der Waals surface area contributed by atoms with Gasteiger partial charge in [0.2, 0.25) is 0 Å². The van der Waals surface area contributed by atoms with Crippen LogP contribution in [0.2, 0.25) is 5.02 Å². The average Bonchev–Trinajstić information content (AvgIpc) is 2.71. The van der Waals surface area contributed by atoms with Crippen molar-refractivity contribution in [3.8, 4) is 0 Å². The molecule has 150 valence electrons. The van der Waals surface area contributed by atoms with Gasteiger partial charge in [0.05, 0.1) is 18.9 Å². The van der Waals surface area contributed by atoms with Gasteiger partial charge in [0.15, 0.2) is 5.82 Å². The highest BCUT2D eigenvalue weighted by Crippen LogP contribution is 2.27. The summed E-state index contributed by atoms with van der Waals surface area (Å²) in [5.41, 5.74) is 2.49. The lowest BCUT2D eigenvalue weighted by atomic mass is 9.96. The first kappa shape index (κ1) is 19.6. The molecular formula is C22H29ClN4O. The summed E-state index contributed by atoms with van der Waals surface area (Å²) in [4.78, 5) is 5.07. The third-order valence-corrected chi connectivity index (χ3v) is 6.18. The molecule has 2 aliphatic rings. The van der Waals surface area contributed by atoms with E-state index in [4.69, 9.17) is 16.3 Å². The molecule has 1 aromatic carbocycles. The fourth-order valence-electron chi connectivity index (χ4n) is 4.42. The van der Waals surface area contributed by atoms with Crippen molar-refractivity contribution in [2.75, 3.05) is 31.1 Å². The van der Waals surface area contributed by atoms with Crippen LogP contribution in [0.3, 0.4) is 0 Å². The first-order valence-electron chi connectivity index (χ1n) is 10.2. The molecule has 0 aliphatic carbocycles. The third-order valence-electron chi connectivity index (χ3n) is 5.93. The van der Waals surface area contributed by atoms with Gasteiger partial charge in [-0.1, -0.05) is 23.7 Å². The van der Waals surface area contributed by atoms with E-state index in [-0.39, 0.29) is 0 Å². The van der Waals surface area contributed by atoms with Crippen molar-refractivity contribution in [1.29, 1.82) is 0 Å². The summed E-state index contributed by atoms with van der Waals surface area (Å²) in [7, 11) is 0. The molecule has 0 saturated carbocycles. The number of benzene rings is 1. The minimum absolute atomic E-state index is 0.294. The summed E-state index contributed by atoms with van der Waals surface area (Å²) < 4.78 is 6.01.